The molecule has 0 amide bonds. The van der Waals surface area contributed by atoms with Gasteiger partial charge in [0.05, 0.1) is 25.4 Å². The number of hydrogen-bond donors (Lipinski definition) is 1. The first-order chi connectivity index (χ1) is 9.01. The van der Waals surface area contributed by atoms with Gasteiger partial charge in [-0.05, 0) is 19.3 Å². The van der Waals surface area contributed by atoms with Crippen LogP contribution in [0, 0.1) is 5.41 Å². The van der Waals surface area contributed by atoms with Gasteiger partial charge in [-0.15, -0.1) is 0 Å². The molecule has 1 fully saturated rings. The minimum atomic E-state index is -3.61. The zero-order chi connectivity index (χ0) is 15.7. The topological polar surface area (TPSA) is 70.1 Å². The van der Waals surface area contributed by atoms with Gasteiger partial charge in [-0.3, -0.25) is 0 Å². The van der Waals surface area contributed by atoms with E-state index < -0.39 is 16.3 Å². The first-order valence-electron chi connectivity index (χ1n) is 6.99. The average Bonchev–Trinajstić information content (AvgIpc) is 2.31. The smallest absolute Gasteiger partial charge is 0.282 e. The van der Waals surface area contributed by atoms with Crippen molar-refractivity contribution in [2.75, 3.05) is 26.8 Å². The molecule has 1 aliphatic rings. The summed E-state index contributed by atoms with van der Waals surface area (Å²) in [5, 5.41) is 9.56. The summed E-state index contributed by atoms with van der Waals surface area (Å²) in [6, 6.07) is -0.657. The molecule has 0 aliphatic carbocycles. The normalized spacial score (nSPS) is 27.8. The van der Waals surface area contributed by atoms with Crippen LogP contribution < -0.4 is 0 Å². The van der Waals surface area contributed by atoms with Crippen LogP contribution in [0.5, 0.6) is 0 Å². The molecule has 0 saturated carbocycles. The van der Waals surface area contributed by atoms with Crippen LogP contribution >= 0.6 is 0 Å². The van der Waals surface area contributed by atoms with Crippen molar-refractivity contribution in [3.63, 3.8) is 0 Å². The summed E-state index contributed by atoms with van der Waals surface area (Å²) in [5.41, 5.74) is -0.336. The maximum atomic E-state index is 12.8. The second kappa shape index (κ2) is 6.27. The minimum absolute atomic E-state index is 0.114. The van der Waals surface area contributed by atoms with Crippen LogP contribution in [0.15, 0.2) is 0 Å². The lowest BCUT2D eigenvalue weighted by atomic mass is 9.87. The largest absolute Gasteiger partial charge is 0.395 e. The number of ether oxygens (including phenoxy) is 1. The van der Waals surface area contributed by atoms with Crippen molar-refractivity contribution >= 4 is 10.2 Å². The molecule has 0 aromatic heterocycles. The van der Waals surface area contributed by atoms with Crippen LogP contribution in [0.4, 0.5) is 0 Å². The summed E-state index contributed by atoms with van der Waals surface area (Å²) >= 11 is 0. The third-order valence-corrected chi connectivity index (χ3v) is 5.91. The zero-order valence-electron chi connectivity index (χ0n) is 13.3. The molecule has 0 radical (unpaired) electrons. The Balaban J connectivity index is 3.02. The Labute approximate surface area is 122 Å². The van der Waals surface area contributed by atoms with E-state index in [-0.39, 0.29) is 24.2 Å². The molecule has 7 heteroatoms. The lowest BCUT2D eigenvalue weighted by Crippen LogP contribution is -2.58. The van der Waals surface area contributed by atoms with Gasteiger partial charge in [0.25, 0.3) is 10.2 Å². The maximum absolute atomic E-state index is 12.8. The molecule has 3 atom stereocenters. The van der Waals surface area contributed by atoms with Crippen LogP contribution in [0.1, 0.15) is 34.6 Å². The number of aliphatic hydroxyl groups is 1. The standard InChI is InChI=1S/C13H28N2O4S/c1-10-9-19-11(2)7-15(10)20(17,18)14(6)12(8-16)13(3,4)5/h10-12,16H,7-9H2,1-6H3/t10-,11+,12+/m0/s1. The van der Waals surface area contributed by atoms with Crippen molar-refractivity contribution in [1.29, 1.82) is 0 Å². The van der Waals surface area contributed by atoms with Crippen LogP contribution in [0.3, 0.4) is 0 Å². The lowest BCUT2D eigenvalue weighted by molar-refractivity contribution is -0.0204. The van der Waals surface area contributed by atoms with Gasteiger partial charge in [0.2, 0.25) is 0 Å². The fourth-order valence-electron chi connectivity index (χ4n) is 2.45. The molecule has 20 heavy (non-hydrogen) atoms. The summed E-state index contributed by atoms with van der Waals surface area (Å²) in [7, 11) is -2.08. The Morgan fingerprint density at radius 3 is 2.40 bits per heavy atom. The second-order valence-corrected chi connectivity index (χ2v) is 8.59. The summed E-state index contributed by atoms with van der Waals surface area (Å²) in [5.74, 6) is 0. The second-order valence-electron chi connectivity index (χ2n) is 6.65. The first kappa shape index (κ1) is 17.8. The average molecular weight is 308 g/mol. The van der Waals surface area contributed by atoms with E-state index in [0.717, 1.165) is 0 Å². The van der Waals surface area contributed by atoms with Crippen molar-refractivity contribution < 1.29 is 18.3 Å². The molecule has 120 valence electrons. The van der Waals surface area contributed by atoms with E-state index in [2.05, 4.69) is 0 Å². The van der Waals surface area contributed by atoms with Gasteiger partial charge in [0.1, 0.15) is 0 Å². The Hall–Kier alpha value is -0.210. The third-order valence-electron chi connectivity index (χ3n) is 3.82. The highest BCUT2D eigenvalue weighted by Gasteiger charge is 2.41. The summed E-state index contributed by atoms with van der Waals surface area (Å²) in [6.07, 6.45) is -0.114. The van der Waals surface area contributed by atoms with Crippen LogP contribution in [0.25, 0.3) is 0 Å². The monoisotopic (exact) mass is 308 g/mol. The highest BCUT2D eigenvalue weighted by molar-refractivity contribution is 7.86. The zero-order valence-corrected chi connectivity index (χ0v) is 14.1. The van der Waals surface area contributed by atoms with Gasteiger partial charge >= 0.3 is 0 Å². The van der Waals surface area contributed by atoms with E-state index in [0.29, 0.717) is 13.2 Å². The van der Waals surface area contributed by atoms with E-state index in [1.165, 1.54) is 15.7 Å². The van der Waals surface area contributed by atoms with Gasteiger partial charge in [0, 0.05) is 19.6 Å². The van der Waals surface area contributed by atoms with Crippen molar-refractivity contribution in [3.05, 3.63) is 0 Å². The fraction of sp³-hybridized carbons (Fsp3) is 1.00. The number of nitrogens with zero attached hydrogens (tertiary/aromatic N) is 2. The molecule has 0 aromatic rings. The third kappa shape index (κ3) is 3.71. The molecule has 0 unspecified atom stereocenters. The van der Waals surface area contributed by atoms with Crippen LogP contribution in [0.2, 0.25) is 0 Å². The maximum Gasteiger partial charge on any atom is 0.282 e. The fourth-order valence-corrected chi connectivity index (χ4v) is 4.40. The summed E-state index contributed by atoms with van der Waals surface area (Å²) < 4.78 is 33.8. The predicted octanol–water partition coefficient (Wildman–Crippen LogP) is 0.679. The molecule has 1 saturated heterocycles. The van der Waals surface area contributed by atoms with Gasteiger partial charge in [-0.2, -0.15) is 17.0 Å². The Bertz CT molecular complexity index is 419. The molecule has 0 bridgehead atoms. The van der Waals surface area contributed by atoms with Gasteiger partial charge in [-0.1, -0.05) is 20.8 Å². The van der Waals surface area contributed by atoms with Crippen LogP contribution in [-0.4, -0.2) is 67.1 Å². The predicted molar refractivity (Wildman–Crippen MR) is 78.6 cm³/mol. The van der Waals surface area contributed by atoms with Crippen molar-refractivity contribution in [1.82, 2.24) is 8.61 Å². The molecular weight excluding hydrogens is 280 g/mol. The van der Waals surface area contributed by atoms with E-state index in [4.69, 9.17) is 4.74 Å². The molecule has 1 N–H and O–H groups in total. The lowest BCUT2D eigenvalue weighted by Gasteiger charge is -2.42. The van der Waals surface area contributed by atoms with E-state index >= 15 is 0 Å². The van der Waals surface area contributed by atoms with E-state index in [1.807, 2.05) is 34.6 Å². The molecule has 1 aliphatic heterocycles. The van der Waals surface area contributed by atoms with E-state index in [1.54, 1.807) is 0 Å². The molecule has 1 heterocycles. The quantitative estimate of drug-likeness (QED) is 0.829. The van der Waals surface area contributed by atoms with Crippen molar-refractivity contribution in [2.45, 2.75) is 52.8 Å². The number of morpholine rings is 1. The summed E-state index contributed by atoms with van der Waals surface area (Å²) in [6.45, 7) is 10.0. The van der Waals surface area contributed by atoms with Gasteiger partial charge in [0.15, 0.2) is 0 Å². The SMILES string of the molecule is C[C@@H]1CN(S(=O)(=O)N(C)[C@H](CO)C(C)(C)C)[C@@H](C)CO1. The molecule has 0 spiro atoms. The molecular formula is C13H28N2O4S. The number of rotatable bonds is 4. The molecule has 1 rings (SSSR count). The number of hydrogen-bond acceptors (Lipinski definition) is 4. The first-order valence-corrected chi connectivity index (χ1v) is 8.38. The van der Waals surface area contributed by atoms with Crippen molar-refractivity contribution in [3.8, 4) is 0 Å². The van der Waals surface area contributed by atoms with Gasteiger partial charge in [-0.25, -0.2) is 0 Å². The number of aliphatic hydroxyl groups excluding tert-OH is 1. The highest BCUT2D eigenvalue weighted by Crippen LogP contribution is 2.28. The highest BCUT2D eigenvalue weighted by atomic mass is 32.2. The Morgan fingerprint density at radius 1 is 1.40 bits per heavy atom. The van der Waals surface area contributed by atoms with E-state index in [9.17, 15) is 13.5 Å². The molecule has 0 aromatic carbocycles. The van der Waals surface area contributed by atoms with Gasteiger partial charge < -0.3 is 9.84 Å². The Morgan fingerprint density at radius 2 is 1.95 bits per heavy atom. The number of likely N-dealkylation sites (N-methyl/N-ethyl adjacent to an activating group) is 1. The van der Waals surface area contributed by atoms with Crippen molar-refractivity contribution in [2.24, 2.45) is 5.41 Å². The summed E-state index contributed by atoms with van der Waals surface area (Å²) in [4.78, 5) is 0. The Kier molecular flexibility index (Phi) is 5.60. The minimum Gasteiger partial charge on any atom is -0.395 e. The molecule has 6 nitrogen and oxygen atoms in total. The van der Waals surface area contributed by atoms with Crippen LogP contribution in [-0.2, 0) is 14.9 Å².